The molecule has 3 heterocycles. The Labute approximate surface area is 168 Å². The molecule has 2 aliphatic rings. The number of pyridine rings is 1. The Balaban J connectivity index is 1.62. The maximum atomic E-state index is 13.3. The lowest BCUT2D eigenvalue weighted by Gasteiger charge is -2.29. The first-order valence-electron chi connectivity index (χ1n) is 10.3. The Kier molecular flexibility index (Phi) is 5.43. The van der Waals surface area contributed by atoms with Crippen molar-refractivity contribution in [3.63, 3.8) is 0 Å². The molecule has 2 aliphatic heterocycles. The highest BCUT2D eigenvalue weighted by Gasteiger charge is 2.37. The fourth-order valence-electron chi connectivity index (χ4n) is 4.39. The van der Waals surface area contributed by atoms with Crippen molar-refractivity contribution in [2.45, 2.75) is 56.9 Å². The molecule has 5 nitrogen and oxygen atoms in total. The van der Waals surface area contributed by atoms with Gasteiger partial charge in [-0.15, -0.1) is 0 Å². The number of hydrogen-bond acceptors (Lipinski definition) is 4. The molecule has 2 saturated heterocycles. The summed E-state index contributed by atoms with van der Waals surface area (Å²) < 4.78 is 28.2. The first-order chi connectivity index (χ1) is 13.5. The van der Waals surface area contributed by atoms with Crippen molar-refractivity contribution in [2.75, 3.05) is 24.5 Å². The van der Waals surface area contributed by atoms with Crippen LogP contribution in [0.15, 0.2) is 41.3 Å². The molecule has 0 radical (unpaired) electrons. The zero-order chi connectivity index (χ0) is 19.7. The molecule has 28 heavy (non-hydrogen) atoms. The number of anilines is 1. The first-order valence-corrected chi connectivity index (χ1v) is 11.7. The van der Waals surface area contributed by atoms with Crippen LogP contribution in [-0.4, -0.2) is 37.3 Å². The van der Waals surface area contributed by atoms with E-state index in [0.717, 1.165) is 48.6 Å². The van der Waals surface area contributed by atoms with E-state index in [1.807, 2.05) is 26.0 Å². The Hall–Kier alpha value is -1.92. The highest BCUT2D eigenvalue weighted by Crippen LogP contribution is 2.38. The van der Waals surface area contributed by atoms with Crippen LogP contribution in [0.4, 0.5) is 5.82 Å². The number of hydrogen-bond donors (Lipinski definition) is 0. The molecule has 2 aromatic rings. The number of sulfonamides is 1. The van der Waals surface area contributed by atoms with E-state index in [1.165, 1.54) is 19.3 Å². The molecule has 6 heteroatoms. The Bertz CT molecular complexity index is 935. The summed E-state index contributed by atoms with van der Waals surface area (Å²) in [4.78, 5) is 7.57. The third kappa shape index (κ3) is 3.67. The van der Waals surface area contributed by atoms with Gasteiger partial charge in [0.25, 0.3) is 0 Å². The van der Waals surface area contributed by atoms with Gasteiger partial charge in [0, 0.05) is 25.3 Å². The van der Waals surface area contributed by atoms with Crippen LogP contribution in [0.1, 0.15) is 55.0 Å². The maximum absolute atomic E-state index is 13.3. The topological polar surface area (TPSA) is 53.5 Å². The molecule has 0 bridgehead atoms. The minimum atomic E-state index is -3.50. The van der Waals surface area contributed by atoms with Gasteiger partial charge in [0.1, 0.15) is 5.82 Å². The van der Waals surface area contributed by atoms with Crippen molar-refractivity contribution in [3.8, 4) is 0 Å². The van der Waals surface area contributed by atoms with Crippen LogP contribution in [0.25, 0.3) is 0 Å². The molecule has 0 aliphatic carbocycles. The summed E-state index contributed by atoms with van der Waals surface area (Å²) in [5.74, 6) is 1.02. The number of rotatable bonds is 4. The average Bonchev–Trinajstić information content (AvgIpc) is 3.19. The molecule has 2 fully saturated rings. The summed E-state index contributed by atoms with van der Waals surface area (Å²) in [5, 5.41) is 0. The van der Waals surface area contributed by atoms with Crippen LogP contribution >= 0.6 is 0 Å². The fraction of sp³-hybridized carbons (Fsp3) is 0.500. The Morgan fingerprint density at radius 3 is 2.29 bits per heavy atom. The highest BCUT2D eigenvalue weighted by atomic mass is 32.2. The van der Waals surface area contributed by atoms with Crippen LogP contribution in [0.5, 0.6) is 0 Å². The van der Waals surface area contributed by atoms with Crippen molar-refractivity contribution in [1.29, 1.82) is 0 Å². The summed E-state index contributed by atoms with van der Waals surface area (Å²) in [7, 11) is -3.50. The number of benzene rings is 1. The van der Waals surface area contributed by atoms with Gasteiger partial charge >= 0.3 is 0 Å². The van der Waals surface area contributed by atoms with Gasteiger partial charge in [-0.2, -0.15) is 4.31 Å². The molecule has 4 rings (SSSR count). The average molecular weight is 400 g/mol. The molecule has 1 aromatic heterocycles. The van der Waals surface area contributed by atoms with Crippen molar-refractivity contribution in [3.05, 3.63) is 53.2 Å². The van der Waals surface area contributed by atoms with E-state index in [9.17, 15) is 8.42 Å². The number of aromatic nitrogens is 1. The predicted molar refractivity (Wildman–Crippen MR) is 112 cm³/mol. The summed E-state index contributed by atoms with van der Waals surface area (Å²) in [6, 6.07) is 11.2. The van der Waals surface area contributed by atoms with Crippen molar-refractivity contribution < 1.29 is 8.42 Å². The first kappa shape index (κ1) is 19.4. The summed E-state index contributed by atoms with van der Waals surface area (Å²) in [5.41, 5.74) is 3.04. The lowest BCUT2D eigenvalue weighted by molar-refractivity contribution is 0.395. The van der Waals surface area contributed by atoms with Gasteiger partial charge in [-0.25, -0.2) is 13.4 Å². The quantitative estimate of drug-likeness (QED) is 0.773. The summed E-state index contributed by atoms with van der Waals surface area (Å²) in [6.07, 6.45) is 5.45. The van der Waals surface area contributed by atoms with Gasteiger partial charge in [-0.1, -0.05) is 23.8 Å². The lowest BCUT2D eigenvalue weighted by Crippen LogP contribution is -2.32. The minimum Gasteiger partial charge on any atom is -0.357 e. The second-order valence-electron chi connectivity index (χ2n) is 7.98. The number of nitrogens with zero attached hydrogens (tertiary/aromatic N) is 3. The normalized spacial score (nSPS) is 21.2. The van der Waals surface area contributed by atoms with E-state index in [2.05, 4.69) is 17.0 Å². The van der Waals surface area contributed by atoms with Gasteiger partial charge in [-0.05, 0) is 69.7 Å². The monoisotopic (exact) mass is 399 g/mol. The van der Waals surface area contributed by atoms with Crippen molar-refractivity contribution in [2.24, 2.45) is 0 Å². The van der Waals surface area contributed by atoms with E-state index in [-0.39, 0.29) is 6.04 Å². The second kappa shape index (κ2) is 7.84. The van der Waals surface area contributed by atoms with E-state index >= 15 is 0 Å². The van der Waals surface area contributed by atoms with Gasteiger partial charge < -0.3 is 4.90 Å². The van der Waals surface area contributed by atoms with Crippen LogP contribution in [0, 0.1) is 13.8 Å². The molecular formula is C22H29N3O2S. The molecule has 0 spiro atoms. The van der Waals surface area contributed by atoms with Gasteiger partial charge in [-0.3, -0.25) is 0 Å². The summed E-state index contributed by atoms with van der Waals surface area (Å²) in [6.45, 7) is 6.66. The summed E-state index contributed by atoms with van der Waals surface area (Å²) >= 11 is 0. The maximum Gasteiger partial charge on any atom is 0.243 e. The molecule has 0 N–H and O–H groups in total. The SMILES string of the molecule is Cc1ccc(S(=O)(=O)N2CCC[C@H]2c2ccc(N3CCCCC3)nc2C)cc1. The zero-order valence-corrected chi connectivity index (χ0v) is 17.6. The van der Waals surface area contributed by atoms with E-state index in [4.69, 9.17) is 4.98 Å². The molecule has 0 amide bonds. The number of aryl methyl sites for hydroxylation is 2. The molecule has 0 unspecified atom stereocenters. The van der Waals surface area contributed by atoms with E-state index < -0.39 is 10.0 Å². The molecule has 0 saturated carbocycles. The molecular weight excluding hydrogens is 370 g/mol. The predicted octanol–water partition coefficient (Wildman–Crippen LogP) is 4.21. The van der Waals surface area contributed by atoms with Crippen molar-refractivity contribution in [1.82, 2.24) is 9.29 Å². The van der Waals surface area contributed by atoms with Crippen LogP contribution < -0.4 is 4.90 Å². The molecule has 1 atom stereocenters. The second-order valence-corrected chi connectivity index (χ2v) is 9.87. The smallest absolute Gasteiger partial charge is 0.243 e. The van der Waals surface area contributed by atoms with Gasteiger partial charge in [0.2, 0.25) is 10.0 Å². The van der Waals surface area contributed by atoms with Crippen molar-refractivity contribution >= 4 is 15.8 Å². The minimum absolute atomic E-state index is 0.130. The standard InChI is InChI=1S/C22H29N3O2S/c1-17-8-10-19(11-9-17)28(26,27)25-16-6-7-21(25)20-12-13-22(23-18(20)2)24-14-4-3-5-15-24/h8-13,21H,3-7,14-16H2,1-2H3/t21-/m0/s1. The lowest BCUT2D eigenvalue weighted by atomic mass is 10.0. The third-order valence-electron chi connectivity index (χ3n) is 5.98. The highest BCUT2D eigenvalue weighted by molar-refractivity contribution is 7.89. The fourth-order valence-corrected chi connectivity index (χ4v) is 6.07. The van der Waals surface area contributed by atoms with Crippen LogP contribution in [-0.2, 0) is 10.0 Å². The zero-order valence-electron chi connectivity index (χ0n) is 16.8. The molecule has 1 aromatic carbocycles. The van der Waals surface area contributed by atoms with Crippen LogP contribution in [0.3, 0.4) is 0 Å². The van der Waals surface area contributed by atoms with E-state index in [0.29, 0.717) is 11.4 Å². The Morgan fingerprint density at radius 2 is 1.61 bits per heavy atom. The van der Waals surface area contributed by atoms with E-state index in [1.54, 1.807) is 16.4 Å². The van der Waals surface area contributed by atoms with Crippen LogP contribution in [0.2, 0.25) is 0 Å². The number of piperidine rings is 1. The molecule has 150 valence electrons. The largest absolute Gasteiger partial charge is 0.357 e. The Morgan fingerprint density at radius 1 is 0.893 bits per heavy atom. The third-order valence-corrected chi connectivity index (χ3v) is 7.90. The van der Waals surface area contributed by atoms with Gasteiger partial charge in [0.15, 0.2) is 0 Å². The van der Waals surface area contributed by atoms with Gasteiger partial charge in [0.05, 0.1) is 10.9 Å².